The maximum Gasteiger partial charge on any atom is 0.228 e. The topological polar surface area (TPSA) is 85.2 Å². The van der Waals surface area contributed by atoms with Crippen LogP contribution >= 0.6 is 0 Å². The number of fused-ring (bicyclic) bond motifs is 1. The van der Waals surface area contributed by atoms with E-state index in [9.17, 15) is 9.59 Å². The zero-order valence-corrected chi connectivity index (χ0v) is 15.3. The Hall–Kier alpha value is -2.67. The van der Waals surface area contributed by atoms with Gasteiger partial charge in [0.05, 0.1) is 24.8 Å². The summed E-state index contributed by atoms with van der Waals surface area (Å²) in [5, 5.41) is 10.3. The van der Waals surface area contributed by atoms with Crippen LogP contribution in [0.5, 0.6) is 0 Å². The zero-order valence-electron chi connectivity index (χ0n) is 15.3. The Bertz CT molecular complexity index is 828. The molecule has 3 rings (SSSR count). The number of methoxy groups -OCH3 is 1. The molecule has 1 aromatic carbocycles. The first-order valence-corrected chi connectivity index (χ1v) is 8.69. The van der Waals surface area contributed by atoms with Gasteiger partial charge < -0.3 is 15.4 Å². The van der Waals surface area contributed by atoms with Gasteiger partial charge in [0.15, 0.2) is 0 Å². The molecule has 26 heavy (non-hydrogen) atoms. The van der Waals surface area contributed by atoms with Crippen LogP contribution in [0.3, 0.4) is 0 Å². The predicted octanol–water partition coefficient (Wildman–Crippen LogP) is 1.89. The van der Waals surface area contributed by atoms with E-state index in [0.717, 1.165) is 22.5 Å². The molecule has 0 unspecified atom stereocenters. The molecule has 0 bridgehead atoms. The van der Waals surface area contributed by atoms with Gasteiger partial charge in [-0.25, -0.2) is 0 Å². The maximum absolute atomic E-state index is 12.7. The summed E-state index contributed by atoms with van der Waals surface area (Å²) in [6.45, 7) is 5.57. The van der Waals surface area contributed by atoms with Crippen molar-refractivity contribution in [3.63, 3.8) is 0 Å². The fraction of sp³-hybridized carbons (Fsp3) is 0.421. The minimum atomic E-state index is -0.468. The molecule has 0 spiro atoms. The monoisotopic (exact) mass is 356 g/mol. The summed E-state index contributed by atoms with van der Waals surface area (Å²) in [6, 6.07) is 7.43. The molecule has 2 N–H and O–H groups in total. The van der Waals surface area contributed by atoms with Crippen molar-refractivity contribution in [2.75, 3.05) is 19.0 Å². The minimum Gasteiger partial charge on any atom is -0.383 e. The van der Waals surface area contributed by atoms with Crippen molar-refractivity contribution in [2.45, 2.75) is 39.3 Å². The number of nitrogens with one attached hydrogen (secondary N) is 2. The highest BCUT2D eigenvalue weighted by atomic mass is 16.5. The molecule has 0 saturated heterocycles. The molecule has 2 aromatic rings. The Morgan fingerprint density at radius 1 is 1.38 bits per heavy atom. The molecule has 1 aromatic heterocycles. The van der Waals surface area contributed by atoms with Crippen LogP contribution in [-0.2, 0) is 27.4 Å². The highest BCUT2D eigenvalue weighted by Gasteiger charge is 2.30. The summed E-state index contributed by atoms with van der Waals surface area (Å²) in [4.78, 5) is 24.7. The van der Waals surface area contributed by atoms with Gasteiger partial charge in [-0.1, -0.05) is 18.2 Å². The standard InChI is InChI=1S/C19H24N4O3/c1-12-16(13(2)23(22-12)8-9-26-3)11-20-19(25)15-10-18(24)21-17-7-5-4-6-14(15)17/h4-7,15H,8-11H2,1-3H3,(H,20,25)(H,21,24)/t15-/m1/s1. The molecule has 1 aliphatic heterocycles. The van der Waals surface area contributed by atoms with E-state index in [2.05, 4.69) is 15.7 Å². The summed E-state index contributed by atoms with van der Waals surface area (Å²) in [6.07, 6.45) is 0.161. The first-order valence-electron chi connectivity index (χ1n) is 8.69. The number of aryl methyl sites for hydroxylation is 1. The van der Waals surface area contributed by atoms with E-state index in [0.29, 0.717) is 25.4 Å². The van der Waals surface area contributed by atoms with Crippen LogP contribution in [0.4, 0.5) is 5.69 Å². The number of aromatic nitrogens is 2. The van der Waals surface area contributed by atoms with Crippen LogP contribution in [0.1, 0.15) is 34.9 Å². The smallest absolute Gasteiger partial charge is 0.228 e. The van der Waals surface area contributed by atoms with Gasteiger partial charge in [-0.3, -0.25) is 14.3 Å². The summed E-state index contributed by atoms with van der Waals surface area (Å²) in [7, 11) is 1.66. The van der Waals surface area contributed by atoms with E-state index in [4.69, 9.17) is 4.74 Å². The number of hydrogen-bond donors (Lipinski definition) is 2. The third-order valence-corrected chi connectivity index (χ3v) is 4.79. The van der Waals surface area contributed by atoms with Crippen molar-refractivity contribution in [1.82, 2.24) is 15.1 Å². The second-order valence-electron chi connectivity index (χ2n) is 6.48. The number of hydrogen-bond acceptors (Lipinski definition) is 4. The minimum absolute atomic E-state index is 0.136. The van der Waals surface area contributed by atoms with Crippen molar-refractivity contribution in [3.8, 4) is 0 Å². The van der Waals surface area contributed by atoms with E-state index in [1.54, 1.807) is 7.11 Å². The highest BCUT2D eigenvalue weighted by Crippen LogP contribution is 2.32. The molecular formula is C19H24N4O3. The highest BCUT2D eigenvalue weighted by molar-refractivity contribution is 6.01. The normalized spacial score (nSPS) is 16.1. The Labute approximate surface area is 152 Å². The van der Waals surface area contributed by atoms with Gasteiger partial charge in [0.25, 0.3) is 0 Å². The Morgan fingerprint density at radius 2 is 2.15 bits per heavy atom. The largest absolute Gasteiger partial charge is 0.383 e. The fourth-order valence-corrected chi connectivity index (χ4v) is 3.33. The van der Waals surface area contributed by atoms with Crippen molar-refractivity contribution < 1.29 is 14.3 Å². The van der Waals surface area contributed by atoms with E-state index < -0.39 is 5.92 Å². The molecule has 138 valence electrons. The number of para-hydroxylation sites is 1. The summed E-state index contributed by atoms with van der Waals surface area (Å²) in [5.41, 5.74) is 4.47. The number of rotatable bonds is 6. The lowest BCUT2D eigenvalue weighted by Crippen LogP contribution is -2.34. The van der Waals surface area contributed by atoms with E-state index in [-0.39, 0.29) is 18.2 Å². The molecule has 2 amide bonds. The molecule has 7 heteroatoms. The number of amides is 2. The first kappa shape index (κ1) is 18.1. The van der Waals surface area contributed by atoms with Crippen molar-refractivity contribution in [2.24, 2.45) is 0 Å². The van der Waals surface area contributed by atoms with E-state index >= 15 is 0 Å². The number of anilines is 1. The van der Waals surface area contributed by atoms with Crippen LogP contribution in [-0.4, -0.2) is 35.3 Å². The van der Waals surface area contributed by atoms with Gasteiger partial charge in [0.1, 0.15) is 0 Å². The van der Waals surface area contributed by atoms with Gasteiger partial charge >= 0.3 is 0 Å². The average Bonchev–Trinajstić information content (AvgIpc) is 2.90. The number of carbonyl (C=O) groups excluding carboxylic acids is 2. The van der Waals surface area contributed by atoms with E-state index in [1.165, 1.54) is 0 Å². The van der Waals surface area contributed by atoms with Gasteiger partial charge in [0, 0.05) is 37.0 Å². The van der Waals surface area contributed by atoms with Crippen LogP contribution in [0.25, 0.3) is 0 Å². The summed E-state index contributed by atoms with van der Waals surface area (Å²) in [5.74, 6) is -0.747. The quantitative estimate of drug-likeness (QED) is 0.828. The van der Waals surface area contributed by atoms with Gasteiger partial charge in [0.2, 0.25) is 11.8 Å². The number of nitrogens with zero attached hydrogens (tertiary/aromatic N) is 2. The molecule has 1 aliphatic rings. The summed E-state index contributed by atoms with van der Waals surface area (Å²) < 4.78 is 6.99. The van der Waals surface area contributed by atoms with Crippen LogP contribution in [0.2, 0.25) is 0 Å². The predicted molar refractivity (Wildman–Crippen MR) is 97.9 cm³/mol. The lowest BCUT2D eigenvalue weighted by molar-refractivity contribution is -0.126. The van der Waals surface area contributed by atoms with Gasteiger partial charge in [-0.2, -0.15) is 5.10 Å². The zero-order chi connectivity index (χ0) is 18.7. The van der Waals surface area contributed by atoms with Crippen molar-refractivity contribution >= 4 is 17.5 Å². The SMILES string of the molecule is COCCn1nc(C)c(CNC(=O)[C@@H]2CC(=O)Nc3ccccc32)c1C. The molecule has 1 atom stereocenters. The van der Waals surface area contributed by atoms with Gasteiger partial charge in [-0.15, -0.1) is 0 Å². The second-order valence-corrected chi connectivity index (χ2v) is 6.48. The molecule has 0 saturated carbocycles. The lowest BCUT2D eigenvalue weighted by Gasteiger charge is -2.24. The van der Waals surface area contributed by atoms with Crippen LogP contribution < -0.4 is 10.6 Å². The van der Waals surface area contributed by atoms with E-state index in [1.807, 2.05) is 42.8 Å². The molecule has 0 aliphatic carbocycles. The third kappa shape index (κ3) is 3.62. The summed E-state index contributed by atoms with van der Waals surface area (Å²) >= 11 is 0. The Morgan fingerprint density at radius 3 is 2.92 bits per heavy atom. The van der Waals surface area contributed by atoms with Crippen molar-refractivity contribution in [3.05, 3.63) is 46.8 Å². The van der Waals surface area contributed by atoms with Crippen LogP contribution in [0.15, 0.2) is 24.3 Å². The fourth-order valence-electron chi connectivity index (χ4n) is 3.33. The molecular weight excluding hydrogens is 332 g/mol. The van der Waals surface area contributed by atoms with Crippen molar-refractivity contribution in [1.29, 1.82) is 0 Å². The number of ether oxygens (including phenoxy) is 1. The number of carbonyl (C=O) groups is 2. The molecule has 2 heterocycles. The molecule has 0 fully saturated rings. The lowest BCUT2D eigenvalue weighted by atomic mass is 9.90. The second kappa shape index (κ2) is 7.70. The van der Waals surface area contributed by atoms with Crippen LogP contribution in [0, 0.1) is 13.8 Å². The third-order valence-electron chi connectivity index (χ3n) is 4.79. The Balaban J connectivity index is 1.72. The first-order chi connectivity index (χ1) is 12.5. The average molecular weight is 356 g/mol. The Kier molecular flexibility index (Phi) is 5.37. The molecule has 7 nitrogen and oxygen atoms in total. The number of benzene rings is 1. The van der Waals surface area contributed by atoms with Gasteiger partial charge in [-0.05, 0) is 25.5 Å². The maximum atomic E-state index is 12.7. The molecule has 0 radical (unpaired) electrons.